The van der Waals surface area contributed by atoms with Crippen LogP contribution in [0.3, 0.4) is 0 Å². The van der Waals surface area contributed by atoms with Gasteiger partial charge in [0.1, 0.15) is 0 Å². The van der Waals surface area contributed by atoms with Gasteiger partial charge in [-0.05, 0) is 12.1 Å². The zero-order chi connectivity index (χ0) is 25.7. The third-order valence-electron chi connectivity index (χ3n) is 7.13. The van der Waals surface area contributed by atoms with E-state index in [1.165, 1.54) is 128 Å². The van der Waals surface area contributed by atoms with Crippen LogP contribution in [0.2, 0.25) is 12.1 Å². The third kappa shape index (κ3) is 24.2. The first-order valence-corrected chi connectivity index (χ1v) is 17.7. The van der Waals surface area contributed by atoms with E-state index in [0.717, 1.165) is 12.1 Å². The second kappa shape index (κ2) is 28.6. The maximum Gasteiger partial charge on any atom is 0.338 e. The molecule has 0 N–H and O–H groups in total. The quantitative estimate of drug-likeness (QED) is 0.0703. The molecule has 4 nitrogen and oxygen atoms in total. The molecule has 0 saturated carbocycles. The molecule has 0 bridgehead atoms. The van der Waals surface area contributed by atoms with Crippen LogP contribution >= 0.6 is 0 Å². The van der Waals surface area contributed by atoms with E-state index in [-0.39, 0.29) is 0 Å². The molecule has 0 aromatic heterocycles. The highest BCUT2D eigenvalue weighted by atomic mass is 28.4. The van der Waals surface area contributed by atoms with Gasteiger partial charge in [0.15, 0.2) is 0 Å². The summed E-state index contributed by atoms with van der Waals surface area (Å²) in [7, 11) is 1.30. The highest BCUT2D eigenvalue weighted by molar-refractivity contribution is 6.67. The Labute approximate surface area is 221 Å². The molecular weight excluding hydrogens is 452 g/mol. The predicted octanol–water partition coefficient (Wildman–Crippen LogP) is 9.60. The van der Waals surface area contributed by atoms with Crippen molar-refractivity contribution >= 4 is 8.56 Å². The highest BCUT2D eigenvalue weighted by Crippen LogP contribution is 2.27. The average molecular weight is 517 g/mol. The lowest BCUT2D eigenvalue weighted by molar-refractivity contribution is 0.0849. The van der Waals surface area contributed by atoms with Crippen molar-refractivity contribution < 1.29 is 18.3 Å². The minimum Gasteiger partial charge on any atom is -0.392 e. The third-order valence-corrected chi connectivity index (χ3v) is 10.8. The zero-order valence-electron chi connectivity index (χ0n) is 24.5. The molecule has 0 fully saturated rings. The Kier molecular flexibility index (Phi) is 28.7. The number of ether oxygens (including phenoxy) is 2. The second-order valence-electron chi connectivity index (χ2n) is 10.5. The van der Waals surface area contributed by atoms with E-state index in [9.17, 15) is 0 Å². The monoisotopic (exact) mass is 516 g/mol. The molecule has 0 unspecified atom stereocenters. The summed E-state index contributed by atoms with van der Waals surface area (Å²) in [5.74, 6) is 0. The Morgan fingerprint density at radius 1 is 0.371 bits per heavy atom. The molecule has 0 aromatic rings. The molecule has 0 radical (unpaired) electrons. The maximum atomic E-state index is 6.52. The van der Waals surface area contributed by atoms with Gasteiger partial charge in [-0.25, -0.2) is 0 Å². The molecule has 0 rings (SSSR count). The van der Waals surface area contributed by atoms with Crippen molar-refractivity contribution in [1.82, 2.24) is 0 Å². The van der Waals surface area contributed by atoms with E-state index in [4.69, 9.17) is 18.3 Å². The summed E-state index contributed by atoms with van der Waals surface area (Å²) in [5.41, 5.74) is 0. The number of hydrogen-bond donors (Lipinski definition) is 0. The second-order valence-corrected chi connectivity index (χ2v) is 13.9. The van der Waals surface area contributed by atoms with Gasteiger partial charge in [0, 0.05) is 14.2 Å². The van der Waals surface area contributed by atoms with E-state index in [2.05, 4.69) is 13.8 Å². The Balaban J connectivity index is 4.34. The van der Waals surface area contributed by atoms with Gasteiger partial charge < -0.3 is 18.3 Å². The summed E-state index contributed by atoms with van der Waals surface area (Å²) in [6, 6.07) is 2.24. The number of rotatable bonds is 30. The first-order valence-electron chi connectivity index (χ1n) is 15.5. The van der Waals surface area contributed by atoms with Crippen LogP contribution in [0.4, 0.5) is 0 Å². The molecule has 0 heterocycles. The molecular formula is C30H64O4Si. The largest absolute Gasteiger partial charge is 0.392 e. The van der Waals surface area contributed by atoms with Gasteiger partial charge in [-0.1, -0.05) is 142 Å². The van der Waals surface area contributed by atoms with E-state index < -0.39 is 8.56 Å². The van der Waals surface area contributed by atoms with E-state index >= 15 is 0 Å². The van der Waals surface area contributed by atoms with Crippen molar-refractivity contribution in [3.8, 4) is 0 Å². The lowest BCUT2D eigenvalue weighted by Gasteiger charge is -2.31. The van der Waals surface area contributed by atoms with Crippen molar-refractivity contribution in [3.05, 3.63) is 0 Å². The Bertz CT molecular complexity index is 359. The molecule has 212 valence electrons. The maximum absolute atomic E-state index is 6.52. The number of unbranched alkanes of at least 4 members (excludes halogenated alkanes) is 18. The molecule has 0 amide bonds. The summed E-state index contributed by atoms with van der Waals surface area (Å²) in [4.78, 5) is 0. The van der Waals surface area contributed by atoms with Crippen LogP contribution in [0.15, 0.2) is 0 Å². The molecule has 0 spiro atoms. The van der Waals surface area contributed by atoms with Crippen molar-refractivity contribution in [2.75, 3.05) is 40.6 Å². The Morgan fingerprint density at radius 2 is 0.657 bits per heavy atom. The lowest BCUT2D eigenvalue weighted by Crippen LogP contribution is -2.43. The van der Waals surface area contributed by atoms with E-state index in [0.29, 0.717) is 26.4 Å². The van der Waals surface area contributed by atoms with Crippen molar-refractivity contribution in [1.29, 1.82) is 0 Å². The molecule has 0 aliphatic heterocycles. The molecule has 35 heavy (non-hydrogen) atoms. The minimum atomic E-state index is -2.21. The van der Waals surface area contributed by atoms with Gasteiger partial charge in [-0.3, -0.25) is 0 Å². The van der Waals surface area contributed by atoms with Gasteiger partial charge in [-0.15, -0.1) is 0 Å². The van der Waals surface area contributed by atoms with Gasteiger partial charge in [0.05, 0.1) is 26.4 Å². The van der Waals surface area contributed by atoms with Crippen molar-refractivity contribution in [3.63, 3.8) is 0 Å². The van der Waals surface area contributed by atoms with Crippen LogP contribution in [-0.4, -0.2) is 49.2 Å². The van der Waals surface area contributed by atoms with Crippen molar-refractivity contribution in [2.24, 2.45) is 0 Å². The Morgan fingerprint density at radius 3 is 0.943 bits per heavy atom. The van der Waals surface area contributed by atoms with E-state index in [1.807, 2.05) is 0 Å². The van der Waals surface area contributed by atoms with Gasteiger partial charge >= 0.3 is 8.56 Å². The fourth-order valence-electron chi connectivity index (χ4n) is 4.84. The van der Waals surface area contributed by atoms with Crippen LogP contribution in [0.1, 0.15) is 142 Å². The highest BCUT2D eigenvalue weighted by Gasteiger charge is 2.36. The average Bonchev–Trinajstić information content (AvgIpc) is 2.86. The number of hydrogen-bond acceptors (Lipinski definition) is 4. The zero-order valence-corrected chi connectivity index (χ0v) is 25.5. The van der Waals surface area contributed by atoms with Crippen LogP contribution in [0.5, 0.6) is 0 Å². The summed E-state index contributed by atoms with van der Waals surface area (Å²) < 4.78 is 23.6. The topological polar surface area (TPSA) is 36.9 Å². The van der Waals surface area contributed by atoms with Gasteiger partial charge in [-0.2, -0.15) is 0 Å². The standard InChI is InChI=1S/C30H64O4Si/c1-5-7-9-11-13-15-17-19-21-23-29-35(33-27-25-31-3,34-28-26-32-4)30-24-22-20-18-16-14-12-10-8-6-2/h5-30H2,1-4H3. The van der Waals surface area contributed by atoms with Crippen LogP contribution in [0, 0.1) is 0 Å². The lowest BCUT2D eigenvalue weighted by atomic mass is 10.1. The minimum absolute atomic E-state index is 0.651. The summed E-state index contributed by atoms with van der Waals surface area (Å²) in [5, 5.41) is 0. The van der Waals surface area contributed by atoms with Crippen molar-refractivity contribution in [2.45, 2.75) is 154 Å². The number of methoxy groups -OCH3 is 2. The van der Waals surface area contributed by atoms with Gasteiger partial charge in [0.2, 0.25) is 0 Å². The van der Waals surface area contributed by atoms with Crippen LogP contribution in [-0.2, 0) is 18.3 Å². The smallest absolute Gasteiger partial charge is 0.338 e. The Hall–Kier alpha value is 0.0569. The summed E-state index contributed by atoms with van der Waals surface area (Å²) in [6.45, 7) is 7.20. The van der Waals surface area contributed by atoms with Gasteiger partial charge in [0.25, 0.3) is 0 Å². The SMILES string of the molecule is CCCCCCCCCCCC[Si](CCCCCCCCCCCC)(OCCOC)OCCOC. The molecule has 5 heteroatoms. The molecule has 0 aromatic carbocycles. The fraction of sp³-hybridized carbons (Fsp3) is 1.00. The first-order chi connectivity index (χ1) is 17.2. The molecule has 0 aliphatic carbocycles. The molecule has 0 saturated heterocycles. The summed E-state index contributed by atoms with van der Waals surface area (Å²) in [6.07, 6.45) is 27.3. The first kappa shape index (κ1) is 35.1. The fourth-order valence-corrected chi connectivity index (χ4v) is 8.24. The van der Waals surface area contributed by atoms with Crippen LogP contribution < -0.4 is 0 Å². The molecule has 0 atom stereocenters. The van der Waals surface area contributed by atoms with E-state index in [1.54, 1.807) is 14.2 Å². The normalized spacial score (nSPS) is 12.0. The van der Waals surface area contributed by atoms with Crippen LogP contribution in [0.25, 0.3) is 0 Å². The molecule has 0 aliphatic rings. The predicted molar refractivity (Wildman–Crippen MR) is 155 cm³/mol. The summed E-state index contributed by atoms with van der Waals surface area (Å²) >= 11 is 0.